The summed E-state index contributed by atoms with van der Waals surface area (Å²) in [6.07, 6.45) is 8.47. The Morgan fingerprint density at radius 3 is 2.74 bits per heavy atom. The monoisotopic (exact) mass is 389 g/mol. The molecule has 2 saturated heterocycles. The lowest BCUT2D eigenvalue weighted by Crippen LogP contribution is -2.64. The number of nitrogens with zero attached hydrogens (tertiary/aromatic N) is 5. The molecule has 8 heteroatoms. The van der Waals surface area contributed by atoms with Gasteiger partial charge in [0.1, 0.15) is 6.04 Å². The van der Waals surface area contributed by atoms with Crippen molar-refractivity contribution in [1.29, 1.82) is 5.26 Å². The van der Waals surface area contributed by atoms with Gasteiger partial charge in [-0.15, -0.1) is 11.3 Å². The zero-order valence-corrected chi connectivity index (χ0v) is 16.7. The molecule has 7 nitrogen and oxygen atoms in total. The molecular weight excluding hydrogens is 362 g/mol. The summed E-state index contributed by atoms with van der Waals surface area (Å²) >= 11 is 1.68. The van der Waals surface area contributed by atoms with E-state index in [2.05, 4.69) is 11.1 Å². The zero-order valence-electron chi connectivity index (χ0n) is 15.9. The number of amides is 1. The lowest BCUT2D eigenvalue weighted by atomic mass is 9.87. The number of nitriles is 1. The van der Waals surface area contributed by atoms with Crippen molar-refractivity contribution < 1.29 is 9.53 Å². The van der Waals surface area contributed by atoms with Gasteiger partial charge in [-0.2, -0.15) is 5.26 Å². The SMILES string of the molecule is COCc1nc(N2CCN3CCN(C#N)C[C@@H]3C2=O)sc1C1CCCCC1. The fourth-order valence-corrected chi connectivity index (χ4v) is 5.78. The van der Waals surface area contributed by atoms with Crippen molar-refractivity contribution >= 4 is 22.4 Å². The molecule has 0 spiro atoms. The second kappa shape index (κ2) is 8.13. The molecule has 146 valence electrons. The number of carbonyl (C=O) groups is 1. The molecule has 0 radical (unpaired) electrons. The standard InChI is InChI=1S/C19H27N5O2S/c1-26-12-15-17(14-5-3-2-4-6-14)27-19(21-15)24-10-9-23-8-7-22(13-20)11-16(23)18(24)25/h14,16H,2-12H2,1H3/t16-/m1/s1. The van der Waals surface area contributed by atoms with Crippen LogP contribution >= 0.6 is 11.3 Å². The van der Waals surface area contributed by atoms with Crippen molar-refractivity contribution in [3.05, 3.63) is 10.6 Å². The highest BCUT2D eigenvalue weighted by molar-refractivity contribution is 7.16. The van der Waals surface area contributed by atoms with Gasteiger partial charge in [0.15, 0.2) is 11.3 Å². The van der Waals surface area contributed by atoms with Crippen LogP contribution < -0.4 is 4.90 Å². The third kappa shape index (κ3) is 3.68. The number of piperazine rings is 2. The Kier molecular flexibility index (Phi) is 5.62. The van der Waals surface area contributed by atoms with Gasteiger partial charge in [0.25, 0.3) is 0 Å². The van der Waals surface area contributed by atoms with Gasteiger partial charge in [-0.05, 0) is 18.8 Å². The number of anilines is 1. The first-order valence-electron chi connectivity index (χ1n) is 9.90. The topological polar surface area (TPSA) is 72.7 Å². The summed E-state index contributed by atoms with van der Waals surface area (Å²) in [6, 6.07) is -0.236. The second-order valence-electron chi connectivity index (χ2n) is 7.66. The van der Waals surface area contributed by atoms with Crippen LogP contribution in [0.4, 0.5) is 5.13 Å². The maximum atomic E-state index is 13.2. The lowest BCUT2D eigenvalue weighted by molar-refractivity contribution is -0.127. The van der Waals surface area contributed by atoms with Crippen LogP contribution in [0.3, 0.4) is 0 Å². The molecule has 0 N–H and O–H groups in total. The van der Waals surface area contributed by atoms with Crippen LogP contribution in [0, 0.1) is 11.5 Å². The van der Waals surface area contributed by atoms with Gasteiger partial charge >= 0.3 is 0 Å². The molecule has 0 aromatic carbocycles. The Morgan fingerprint density at radius 1 is 1.22 bits per heavy atom. The molecular formula is C19H27N5O2S. The van der Waals surface area contributed by atoms with Crippen molar-refractivity contribution in [2.24, 2.45) is 0 Å². The molecule has 4 rings (SSSR count). The Bertz CT molecular complexity index is 724. The highest BCUT2D eigenvalue weighted by Crippen LogP contribution is 2.40. The molecule has 3 aliphatic rings. The van der Waals surface area contributed by atoms with Crippen LogP contribution in [-0.4, -0.2) is 66.6 Å². The fourth-order valence-electron chi connectivity index (χ4n) is 4.51. The highest BCUT2D eigenvalue weighted by Gasteiger charge is 2.40. The predicted molar refractivity (Wildman–Crippen MR) is 104 cm³/mol. The van der Waals surface area contributed by atoms with E-state index in [4.69, 9.17) is 9.72 Å². The van der Waals surface area contributed by atoms with Gasteiger partial charge in [-0.1, -0.05) is 19.3 Å². The summed E-state index contributed by atoms with van der Waals surface area (Å²) in [4.78, 5) is 25.0. The molecule has 1 saturated carbocycles. The normalized spacial score (nSPS) is 24.7. The second-order valence-corrected chi connectivity index (χ2v) is 8.67. The van der Waals surface area contributed by atoms with E-state index in [9.17, 15) is 10.1 Å². The van der Waals surface area contributed by atoms with Gasteiger partial charge in [0, 0.05) is 38.2 Å². The van der Waals surface area contributed by atoms with Crippen LogP contribution in [0.1, 0.15) is 48.6 Å². The molecule has 3 fully saturated rings. The first-order valence-corrected chi connectivity index (χ1v) is 10.7. The van der Waals surface area contributed by atoms with E-state index in [0.717, 1.165) is 23.9 Å². The fraction of sp³-hybridized carbons (Fsp3) is 0.737. The molecule has 1 amide bonds. The largest absolute Gasteiger partial charge is 0.378 e. The summed E-state index contributed by atoms with van der Waals surface area (Å²) in [5, 5.41) is 10.0. The smallest absolute Gasteiger partial charge is 0.248 e. The number of rotatable bonds is 4. The summed E-state index contributed by atoms with van der Waals surface area (Å²) < 4.78 is 5.39. The average molecular weight is 390 g/mol. The lowest BCUT2D eigenvalue weighted by Gasteiger charge is -2.44. The van der Waals surface area contributed by atoms with Gasteiger partial charge in [0.2, 0.25) is 5.91 Å². The third-order valence-corrected chi connectivity index (χ3v) is 7.28. The van der Waals surface area contributed by atoms with Crippen molar-refractivity contribution in [2.45, 2.75) is 50.7 Å². The molecule has 1 aromatic rings. The van der Waals surface area contributed by atoms with Crippen molar-refractivity contribution in [2.75, 3.05) is 44.7 Å². The Balaban J connectivity index is 1.57. The van der Waals surface area contributed by atoms with Crippen LogP contribution in [0.5, 0.6) is 0 Å². The number of thiazole rings is 1. The molecule has 27 heavy (non-hydrogen) atoms. The molecule has 0 unspecified atom stereocenters. The number of fused-ring (bicyclic) bond motifs is 1. The van der Waals surface area contributed by atoms with Crippen LogP contribution in [0.25, 0.3) is 0 Å². The van der Waals surface area contributed by atoms with Gasteiger partial charge < -0.3 is 9.64 Å². The van der Waals surface area contributed by atoms with Crippen molar-refractivity contribution in [3.63, 3.8) is 0 Å². The van der Waals surface area contributed by atoms with Gasteiger partial charge in [-0.25, -0.2) is 4.98 Å². The quantitative estimate of drug-likeness (QED) is 0.735. The van der Waals surface area contributed by atoms with E-state index in [-0.39, 0.29) is 11.9 Å². The number of ether oxygens (including phenoxy) is 1. The maximum Gasteiger partial charge on any atom is 0.248 e. The molecule has 2 aliphatic heterocycles. The van der Waals surface area contributed by atoms with Crippen LogP contribution in [0.15, 0.2) is 0 Å². The summed E-state index contributed by atoms with van der Waals surface area (Å²) in [7, 11) is 1.70. The van der Waals surface area contributed by atoms with E-state index in [1.807, 2.05) is 4.90 Å². The summed E-state index contributed by atoms with van der Waals surface area (Å²) in [5.74, 6) is 0.629. The van der Waals surface area contributed by atoms with Crippen LogP contribution in [0.2, 0.25) is 0 Å². The number of aromatic nitrogens is 1. The maximum absolute atomic E-state index is 13.2. The van der Waals surface area contributed by atoms with E-state index in [1.54, 1.807) is 23.3 Å². The number of hydrogen-bond acceptors (Lipinski definition) is 7. The molecule has 1 atom stereocenters. The minimum atomic E-state index is -0.236. The number of carbonyl (C=O) groups excluding carboxylic acids is 1. The van der Waals surface area contributed by atoms with E-state index < -0.39 is 0 Å². The molecule has 1 aliphatic carbocycles. The van der Waals surface area contributed by atoms with E-state index in [1.165, 1.54) is 37.0 Å². The Morgan fingerprint density at radius 2 is 2.00 bits per heavy atom. The average Bonchev–Trinajstić information content (AvgIpc) is 3.13. The Labute approximate surface area is 164 Å². The number of methoxy groups -OCH3 is 1. The van der Waals surface area contributed by atoms with E-state index in [0.29, 0.717) is 32.2 Å². The predicted octanol–water partition coefficient (Wildman–Crippen LogP) is 2.15. The van der Waals surface area contributed by atoms with Gasteiger partial charge in [-0.3, -0.25) is 14.6 Å². The zero-order chi connectivity index (χ0) is 18.8. The van der Waals surface area contributed by atoms with Crippen molar-refractivity contribution in [3.8, 4) is 6.19 Å². The minimum Gasteiger partial charge on any atom is -0.378 e. The molecule has 0 bridgehead atoms. The third-order valence-electron chi connectivity index (χ3n) is 6.00. The summed E-state index contributed by atoms with van der Waals surface area (Å²) in [5.41, 5.74) is 1.00. The highest BCUT2D eigenvalue weighted by atomic mass is 32.1. The van der Waals surface area contributed by atoms with Crippen LogP contribution in [-0.2, 0) is 16.1 Å². The van der Waals surface area contributed by atoms with E-state index >= 15 is 0 Å². The Hall–Kier alpha value is -1.69. The first kappa shape index (κ1) is 18.7. The number of hydrogen-bond donors (Lipinski definition) is 0. The minimum absolute atomic E-state index is 0.0779. The summed E-state index contributed by atoms with van der Waals surface area (Å²) in [6.45, 7) is 3.98. The first-order chi connectivity index (χ1) is 13.2. The molecule has 1 aromatic heterocycles. The van der Waals surface area contributed by atoms with Crippen molar-refractivity contribution in [1.82, 2.24) is 14.8 Å². The van der Waals surface area contributed by atoms with Gasteiger partial charge in [0.05, 0.1) is 18.8 Å². The molecule has 3 heterocycles.